The van der Waals surface area contributed by atoms with Crippen molar-refractivity contribution in [2.24, 2.45) is 0 Å². The molecule has 0 aliphatic carbocycles. The van der Waals surface area contributed by atoms with Gasteiger partial charge in [-0.25, -0.2) is 9.37 Å². The van der Waals surface area contributed by atoms with Crippen molar-refractivity contribution in [3.63, 3.8) is 0 Å². The molecule has 0 saturated carbocycles. The molecule has 0 atom stereocenters. The van der Waals surface area contributed by atoms with E-state index in [9.17, 15) is 9.18 Å². The minimum atomic E-state index is -0.308. The van der Waals surface area contributed by atoms with Crippen molar-refractivity contribution < 1.29 is 9.18 Å². The van der Waals surface area contributed by atoms with Crippen molar-refractivity contribution in [2.75, 3.05) is 10.6 Å². The number of benzene rings is 2. The van der Waals surface area contributed by atoms with E-state index in [1.54, 1.807) is 42.6 Å². The maximum Gasteiger partial charge on any atom is 0.255 e. The van der Waals surface area contributed by atoms with Crippen LogP contribution in [0.4, 0.5) is 15.9 Å². The van der Waals surface area contributed by atoms with E-state index in [-0.39, 0.29) is 11.7 Å². The molecule has 1 aromatic heterocycles. The molecule has 2 N–H and O–H groups in total. The molecule has 7 heteroatoms. The molecule has 132 valence electrons. The van der Waals surface area contributed by atoms with Gasteiger partial charge in [0.05, 0.1) is 21.9 Å². The van der Waals surface area contributed by atoms with Gasteiger partial charge in [-0.3, -0.25) is 4.79 Å². The normalized spacial score (nSPS) is 10.4. The van der Waals surface area contributed by atoms with Gasteiger partial charge >= 0.3 is 0 Å². The number of nitrogens with one attached hydrogen (secondary N) is 2. The van der Waals surface area contributed by atoms with Crippen molar-refractivity contribution in [1.29, 1.82) is 0 Å². The summed E-state index contributed by atoms with van der Waals surface area (Å²) < 4.78 is 12.9. The molecule has 0 saturated heterocycles. The third-order valence-electron chi connectivity index (χ3n) is 3.59. The Morgan fingerprint density at radius 2 is 1.77 bits per heavy atom. The molecule has 0 aliphatic rings. The first kappa shape index (κ1) is 18.2. The molecule has 0 fully saturated rings. The van der Waals surface area contributed by atoms with Gasteiger partial charge < -0.3 is 10.6 Å². The van der Waals surface area contributed by atoms with Crippen molar-refractivity contribution in [3.8, 4) is 0 Å². The van der Waals surface area contributed by atoms with Gasteiger partial charge in [-0.2, -0.15) is 0 Å². The van der Waals surface area contributed by atoms with Crippen LogP contribution in [0.2, 0.25) is 10.0 Å². The number of carbonyl (C=O) groups excluding carboxylic acids is 1. The highest BCUT2D eigenvalue weighted by Gasteiger charge is 2.09. The number of hydrogen-bond acceptors (Lipinski definition) is 3. The van der Waals surface area contributed by atoms with Crippen LogP contribution < -0.4 is 10.6 Å². The van der Waals surface area contributed by atoms with E-state index in [0.29, 0.717) is 33.7 Å². The number of carbonyl (C=O) groups is 1. The van der Waals surface area contributed by atoms with E-state index in [1.165, 1.54) is 18.2 Å². The second-order valence-corrected chi connectivity index (χ2v) is 6.31. The summed E-state index contributed by atoms with van der Waals surface area (Å²) in [7, 11) is 0. The van der Waals surface area contributed by atoms with Crippen molar-refractivity contribution in [2.45, 2.75) is 6.54 Å². The van der Waals surface area contributed by atoms with E-state index in [1.807, 2.05) is 0 Å². The number of nitrogens with zero attached hydrogens (tertiary/aromatic N) is 1. The van der Waals surface area contributed by atoms with Crippen LogP contribution in [0.15, 0.2) is 60.8 Å². The lowest BCUT2D eigenvalue weighted by molar-refractivity contribution is 0.102. The van der Waals surface area contributed by atoms with Gasteiger partial charge in [-0.1, -0.05) is 35.3 Å². The first-order valence-corrected chi connectivity index (χ1v) is 8.47. The molecule has 26 heavy (non-hydrogen) atoms. The summed E-state index contributed by atoms with van der Waals surface area (Å²) in [6.07, 6.45) is 1.54. The first-order chi connectivity index (χ1) is 12.5. The topological polar surface area (TPSA) is 54.0 Å². The van der Waals surface area contributed by atoms with Crippen LogP contribution in [0.3, 0.4) is 0 Å². The minimum absolute atomic E-state index is 0.269. The van der Waals surface area contributed by atoms with E-state index >= 15 is 0 Å². The molecular formula is C19H14Cl2FN3O. The quantitative estimate of drug-likeness (QED) is 0.614. The summed E-state index contributed by atoms with van der Waals surface area (Å²) >= 11 is 11.8. The summed E-state index contributed by atoms with van der Waals surface area (Å²) in [5, 5.41) is 6.58. The molecular weight excluding hydrogens is 376 g/mol. The van der Waals surface area contributed by atoms with E-state index in [2.05, 4.69) is 15.6 Å². The smallest absolute Gasteiger partial charge is 0.255 e. The predicted molar refractivity (Wildman–Crippen MR) is 102 cm³/mol. The van der Waals surface area contributed by atoms with Crippen LogP contribution >= 0.6 is 23.2 Å². The summed E-state index contributed by atoms with van der Waals surface area (Å²) in [4.78, 5) is 16.5. The average Bonchev–Trinajstić information content (AvgIpc) is 2.64. The Labute approximate surface area is 160 Å². The van der Waals surface area contributed by atoms with E-state index in [0.717, 1.165) is 5.56 Å². The van der Waals surface area contributed by atoms with Gasteiger partial charge in [0.2, 0.25) is 0 Å². The SMILES string of the molecule is O=C(Nc1ccc(NCc2ccc(F)cc2)nc1)c1ccc(Cl)c(Cl)c1. The molecule has 3 aromatic rings. The number of anilines is 2. The zero-order chi connectivity index (χ0) is 18.5. The highest BCUT2D eigenvalue weighted by Crippen LogP contribution is 2.23. The van der Waals surface area contributed by atoms with Crippen molar-refractivity contribution in [3.05, 3.63) is 87.8 Å². The second-order valence-electron chi connectivity index (χ2n) is 5.50. The minimum Gasteiger partial charge on any atom is -0.366 e. The zero-order valence-electron chi connectivity index (χ0n) is 13.5. The highest BCUT2D eigenvalue weighted by atomic mass is 35.5. The van der Waals surface area contributed by atoms with E-state index in [4.69, 9.17) is 23.2 Å². The van der Waals surface area contributed by atoms with Crippen LogP contribution in [-0.4, -0.2) is 10.9 Å². The van der Waals surface area contributed by atoms with Gasteiger partial charge in [-0.05, 0) is 48.0 Å². The van der Waals surface area contributed by atoms with Gasteiger partial charge in [0.25, 0.3) is 5.91 Å². The summed E-state index contributed by atoms with van der Waals surface area (Å²) in [5.74, 6) is 0.0631. The van der Waals surface area contributed by atoms with Crippen LogP contribution in [0, 0.1) is 5.82 Å². The fourth-order valence-corrected chi connectivity index (χ4v) is 2.51. The molecule has 0 spiro atoms. The Morgan fingerprint density at radius 1 is 1.00 bits per heavy atom. The van der Waals surface area contributed by atoms with Crippen LogP contribution in [0.1, 0.15) is 15.9 Å². The molecule has 0 bridgehead atoms. The fourth-order valence-electron chi connectivity index (χ4n) is 2.21. The largest absolute Gasteiger partial charge is 0.366 e. The van der Waals surface area contributed by atoms with Gasteiger partial charge in [0, 0.05) is 12.1 Å². The Balaban J connectivity index is 1.59. The lowest BCUT2D eigenvalue weighted by atomic mass is 10.2. The molecule has 3 rings (SSSR count). The van der Waals surface area contributed by atoms with E-state index < -0.39 is 0 Å². The number of amides is 1. The van der Waals surface area contributed by atoms with Gasteiger partial charge in [0.15, 0.2) is 0 Å². The highest BCUT2D eigenvalue weighted by molar-refractivity contribution is 6.42. The molecule has 1 heterocycles. The van der Waals surface area contributed by atoms with Crippen molar-refractivity contribution >= 4 is 40.6 Å². The number of aromatic nitrogens is 1. The Morgan fingerprint density at radius 3 is 2.42 bits per heavy atom. The maximum atomic E-state index is 12.9. The van der Waals surface area contributed by atoms with Crippen LogP contribution in [0.5, 0.6) is 0 Å². The Hall–Kier alpha value is -2.63. The van der Waals surface area contributed by atoms with Crippen LogP contribution in [-0.2, 0) is 6.54 Å². The fraction of sp³-hybridized carbons (Fsp3) is 0.0526. The maximum absolute atomic E-state index is 12.9. The molecule has 1 amide bonds. The number of hydrogen-bond donors (Lipinski definition) is 2. The molecule has 2 aromatic carbocycles. The summed E-state index contributed by atoms with van der Waals surface area (Å²) in [6, 6.07) is 14.4. The summed E-state index contributed by atoms with van der Waals surface area (Å²) in [5.41, 5.74) is 1.89. The Bertz CT molecular complexity index is 915. The number of pyridine rings is 1. The van der Waals surface area contributed by atoms with Crippen molar-refractivity contribution in [1.82, 2.24) is 4.98 Å². The lowest BCUT2D eigenvalue weighted by Gasteiger charge is -2.08. The lowest BCUT2D eigenvalue weighted by Crippen LogP contribution is -2.12. The monoisotopic (exact) mass is 389 g/mol. The number of rotatable bonds is 5. The molecule has 0 radical (unpaired) electrons. The predicted octanol–water partition coefficient (Wildman–Crippen LogP) is 5.39. The zero-order valence-corrected chi connectivity index (χ0v) is 15.0. The summed E-state index contributed by atoms with van der Waals surface area (Å²) in [6.45, 7) is 0.516. The van der Waals surface area contributed by atoms with Gasteiger partial charge in [0.1, 0.15) is 11.6 Å². The van der Waals surface area contributed by atoms with Crippen LogP contribution in [0.25, 0.3) is 0 Å². The Kier molecular flexibility index (Phi) is 5.71. The molecule has 0 unspecified atom stereocenters. The number of halogens is 3. The second kappa shape index (κ2) is 8.17. The standard InChI is InChI=1S/C19H14Cl2FN3O/c20-16-7-3-13(9-17(16)21)19(26)25-15-6-8-18(24-11-15)23-10-12-1-4-14(22)5-2-12/h1-9,11H,10H2,(H,23,24)(H,25,26). The first-order valence-electron chi connectivity index (χ1n) is 7.72. The third-order valence-corrected chi connectivity index (χ3v) is 4.33. The van der Waals surface area contributed by atoms with Gasteiger partial charge in [-0.15, -0.1) is 0 Å². The molecule has 0 aliphatic heterocycles. The average molecular weight is 390 g/mol. The third kappa shape index (κ3) is 4.71. The molecule has 4 nitrogen and oxygen atoms in total.